The molecule has 1 fully saturated rings. The number of piperidine rings is 1. The Labute approximate surface area is 275 Å². The van der Waals surface area contributed by atoms with E-state index < -0.39 is 29.3 Å². The molecule has 0 aromatic heterocycles. The van der Waals surface area contributed by atoms with Crippen LogP contribution in [0.15, 0.2) is 90.3 Å². The fraction of sp³-hybridized carbons (Fsp3) is 0.389. The van der Waals surface area contributed by atoms with Gasteiger partial charge in [-0.15, -0.1) is 0 Å². The summed E-state index contributed by atoms with van der Waals surface area (Å²) in [6.07, 6.45) is 2.78. The third kappa shape index (κ3) is 6.18. The minimum atomic E-state index is -1.45. The summed E-state index contributed by atoms with van der Waals surface area (Å²) in [6.45, 7) is 6.07. The summed E-state index contributed by atoms with van der Waals surface area (Å²) in [5, 5.41) is 14.6. The van der Waals surface area contributed by atoms with Crippen molar-refractivity contribution in [3.8, 4) is 0 Å². The van der Waals surface area contributed by atoms with Crippen LogP contribution in [0, 0.1) is 5.41 Å². The first kappa shape index (κ1) is 32.9. The monoisotopic (exact) mass is 649 g/mol. The van der Waals surface area contributed by atoms with E-state index in [1.54, 1.807) is 32.0 Å². The molecule has 3 atom stereocenters. The van der Waals surface area contributed by atoms with E-state index in [-0.39, 0.29) is 39.9 Å². The van der Waals surface area contributed by atoms with Crippen molar-refractivity contribution in [2.24, 2.45) is 11.1 Å². The normalized spacial score (nSPS) is 23.3. The Balaban J connectivity index is 1.41. The van der Waals surface area contributed by atoms with Gasteiger partial charge >= 0.3 is 11.9 Å². The van der Waals surface area contributed by atoms with Crippen molar-refractivity contribution < 1.29 is 19.4 Å². The van der Waals surface area contributed by atoms with Gasteiger partial charge in [0.2, 0.25) is 0 Å². The van der Waals surface area contributed by atoms with Gasteiger partial charge in [-0.3, -0.25) is 4.79 Å². The highest BCUT2D eigenvalue weighted by Crippen LogP contribution is 2.53. The van der Waals surface area contributed by atoms with E-state index in [0.29, 0.717) is 18.5 Å². The summed E-state index contributed by atoms with van der Waals surface area (Å²) in [6, 6.07) is 25.9. The second-order valence-electron chi connectivity index (χ2n) is 12.1. The van der Waals surface area contributed by atoms with Crippen LogP contribution in [0.4, 0.5) is 0 Å². The number of halogens is 2. The van der Waals surface area contributed by atoms with Crippen LogP contribution in [0.5, 0.6) is 0 Å². The molecule has 2 aliphatic rings. The summed E-state index contributed by atoms with van der Waals surface area (Å²) >= 11 is 13.1. The molecular weight excluding hydrogens is 609 g/mol. The first-order chi connectivity index (χ1) is 21.7. The molecule has 45 heavy (non-hydrogen) atoms. The summed E-state index contributed by atoms with van der Waals surface area (Å²) < 4.78 is 5.38. The molecule has 2 aliphatic heterocycles. The van der Waals surface area contributed by atoms with E-state index in [4.69, 9.17) is 33.7 Å². The quantitative estimate of drug-likeness (QED) is 0.209. The molecule has 3 aromatic rings. The average Bonchev–Trinajstić information content (AvgIpc) is 3.04. The standard InChI is InChI=1S/C36H41Cl2N3O4/c1-3-45-33(42)29-30(27-16-10-17-28(37)31(27)38)36(34(43)44,24(2)40-32(29)39)18-11-21-41-22-19-35(20-23-41,25-12-6-4-7-13-25)26-14-8-5-9-15-26/h4-10,12-17,24,30,40H,3,11,18-23,39H2,1-2H3,(H,43,44). The number of nitrogens with one attached hydrogen (secondary N) is 1. The zero-order valence-electron chi connectivity index (χ0n) is 25.8. The predicted octanol–water partition coefficient (Wildman–Crippen LogP) is 6.74. The Morgan fingerprint density at radius 1 is 0.978 bits per heavy atom. The van der Waals surface area contributed by atoms with Crippen LogP contribution < -0.4 is 11.1 Å². The Bertz CT molecular complexity index is 1500. The first-order valence-electron chi connectivity index (χ1n) is 15.6. The van der Waals surface area contributed by atoms with E-state index in [1.165, 1.54) is 11.1 Å². The van der Waals surface area contributed by atoms with Crippen LogP contribution in [-0.2, 0) is 19.7 Å². The van der Waals surface area contributed by atoms with Crippen molar-refractivity contribution in [2.45, 2.75) is 56.9 Å². The number of nitrogens with two attached hydrogens (primary N) is 1. The van der Waals surface area contributed by atoms with Gasteiger partial charge in [-0.25, -0.2) is 4.79 Å². The molecule has 3 aromatic carbocycles. The zero-order valence-corrected chi connectivity index (χ0v) is 27.3. The molecule has 3 unspecified atom stereocenters. The van der Waals surface area contributed by atoms with Gasteiger partial charge in [0.1, 0.15) is 5.82 Å². The van der Waals surface area contributed by atoms with Crippen LogP contribution in [0.25, 0.3) is 0 Å². The number of carbonyl (C=O) groups excluding carboxylic acids is 1. The summed E-state index contributed by atoms with van der Waals surface area (Å²) in [5.74, 6) is -2.59. The highest BCUT2D eigenvalue weighted by atomic mass is 35.5. The lowest BCUT2D eigenvalue weighted by molar-refractivity contribution is -0.154. The first-order valence-corrected chi connectivity index (χ1v) is 16.3. The van der Waals surface area contributed by atoms with Gasteiger partial charge < -0.3 is 25.8 Å². The number of nitrogens with zero attached hydrogens (tertiary/aromatic N) is 1. The van der Waals surface area contributed by atoms with Gasteiger partial charge in [0.25, 0.3) is 0 Å². The van der Waals surface area contributed by atoms with Gasteiger partial charge in [-0.1, -0.05) is 96.0 Å². The third-order valence-corrected chi connectivity index (χ3v) is 10.7. The highest BCUT2D eigenvalue weighted by molar-refractivity contribution is 6.42. The number of ether oxygens (including phenoxy) is 1. The van der Waals surface area contributed by atoms with E-state index >= 15 is 0 Å². The lowest BCUT2D eigenvalue weighted by Gasteiger charge is -2.47. The number of carbonyl (C=O) groups is 2. The van der Waals surface area contributed by atoms with Crippen molar-refractivity contribution in [1.82, 2.24) is 10.2 Å². The van der Waals surface area contributed by atoms with Gasteiger partial charge in [0.05, 0.1) is 27.6 Å². The fourth-order valence-electron chi connectivity index (χ4n) is 7.50. The van der Waals surface area contributed by atoms with Gasteiger partial charge in [-0.05, 0) is 81.9 Å². The van der Waals surface area contributed by atoms with Crippen LogP contribution in [0.1, 0.15) is 62.1 Å². The van der Waals surface area contributed by atoms with Crippen LogP contribution in [-0.4, -0.2) is 54.2 Å². The maximum atomic E-state index is 13.4. The number of hydrogen-bond acceptors (Lipinski definition) is 6. The molecule has 4 N–H and O–H groups in total. The highest BCUT2D eigenvalue weighted by Gasteiger charge is 2.57. The molecule has 0 saturated carbocycles. The molecule has 1 saturated heterocycles. The number of hydrogen-bond donors (Lipinski definition) is 3. The predicted molar refractivity (Wildman–Crippen MR) is 178 cm³/mol. The second kappa shape index (κ2) is 13.9. The largest absolute Gasteiger partial charge is 0.481 e. The Morgan fingerprint density at radius 3 is 2.13 bits per heavy atom. The molecule has 7 nitrogen and oxygen atoms in total. The van der Waals surface area contributed by atoms with E-state index in [2.05, 4.69) is 70.9 Å². The molecule has 0 radical (unpaired) electrons. The number of carboxylic acid groups (broad SMARTS) is 1. The molecule has 0 spiro atoms. The number of carboxylic acids is 1. The number of rotatable bonds is 10. The maximum absolute atomic E-state index is 13.4. The van der Waals surface area contributed by atoms with Crippen molar-refractivity contribution in [2.75, 3.05) is 26.2 Å². The number of aliphatic carboxylic acids is 1. The fourth-order valence-corrected chi connectivity index (χ4v) is 7.92. The van der Waals surface area contributed by atoms with E-state index in [1.807, 2.05) is 0 Å². The number of esters is 1. The van der Waals surface area contributed by atoms with Crippen molar-refractivity contribution in [3.63, 3.8) is 0 Å². The maximum Gasteiger partial charge on any atom is 0.338 e. The molecule has 238 valence electrons. The lowest BCUT2D eigenvalue weighted by Crippen LogP contribution is -2.58. The van der Waals surface area contributed by atoms with Crippen LogP contribution in [0.2, 0.25) is 10.0 Å². The number of benzene rings is 3. The molecule has 9 heteroatoms. The summed E-state index contributed by atoms with van der Waals surface area (Å²) in [5.41, 5.74) is 8.02. The molecular formula is C36H41Cl2N3O4. The molecule has 0 bridgehead atoms. The van der Waals surface area contributed by atoms with Gasteiger partial charge in [-0.2, -0.15) is 0 Å². The second-order valence-corrected chi connectivity index (χ2v) is 12.9. The van der Waals surface area contributed by atoms with Crippen LogP contribution in [0.3, 0.4) is 0 Å². The van der Waals surface area contributed by atoms with Gasteiger partial charge in [0, 0.05) is 17.4 Å². The number of likely N-dealkylation sites (tertiary alicyclic amines) is 1. The SMILES string of the molecule is CCOC(=O)C1=C(N)NC(C)C(CCCN2CCC(c3ccccc3)(c3ccccc3)CC2)(C(=O)O)C1c1cccc(Cl)c1Cl. The Kier molecular flexibility index (Phi) is 10.1. The summed E-state index contributed by atoms with van der Waals surface area (Å²) in [4.78, 5) is 29.2. The average molecular weight is 651 g/mol. The van der Waals surface area contributed by atoms with Crippen molar-refractivity contribution >= 4 is 35.1 Å². The summed E-state index contributed by atoms with van der Waals surface area (Å²) in [7, 11) is 0. The molecule has 5 rings (SSSR count). The minimum Gasteiger partial charge on any atom is -0.481 e. The topological polar surface area (TPSA) is 105 Å². The van der Waals surface area contributed by atoms with Crippen LogP contribution >= 0.6 is 23.2 Å². The van der Waals surface area contributed by atoms with E-state index in [0.717, 1.165) is 25.9 Å². The third-order valence-electron chi connectivity index (χ3n) is 9.85. The molecule has 2 heterocycles. The minimum absolute atomic E-state index is 0.0648. The van der Waals surface area contributed by atoms with Crippen molar-refractivity contribution in [1.29, 1.82) is 0 Å². The smallest absolute Gasteiger partial charge is 0.338 e. The van der Waals surface area contributed by atoms with Crippen molar-refractivity contribution in [3.05, 3.63) is 117 Å². The Morgan fingerprint density at radius 2 is 1.58 bits per heavy atom. The Hall–Kier alpha value is -3.52. The lowest BCUT2D eigenvalue weighted by atomic mass is 9.60. The van der Waals surface area contributed by atoms with E-state index in [9.17, 15) is 14.7 Å². The zero-order chi connectivity index (χ0) is 32.2. The van der Waals surface area contributed by atoms with Gasteiger partial charge in [0.15, 0.2) is 0 Å². The molecule has 0 amide bonds. The molecule has 0 aliphatic carbocycles.